The number of benzene rings is 3. The van der Waals surface area contributed by atoms with Crippen molar-refractivity contribution in [1.29, 1.82) is 0 Å². The van der Waals surface area contributed by atoms with E-state index in [4.69, 9.17) is 0 Å². The zero-order valence-electron chi connectivity index (χ0n) is 16.1. The molecule has 0 N–H and O–H groups in total. The molecule has 3 aromatic rings. The smallest absolute Gasteiger partial charge is 0.0525 e. The Hall–Kier alpha value is -2.54. The van der Waals surface area contributed by atoms with Crippen molar-refractivity contribution in [2.75, 3.05) is 4.90 Å². The van der Waals surface area contributed by atoms with E-state index in [1.165, 1.54) is 50.4 Å². The third kappa shape index (κ3) is 2.95. The quantitative estimate of drug-likeness (QED) is 0.499. The van der Waals surface area contributed by atoms with Crippen molar-refractivity contribution < 1.29 is 0 Å². The van der Waals surface area contributed by atoms with Crippen molar-refractivity contribution in [1.82, 2.24) is 0 Å². The van der Waals surface area contributed by atoms with E-state index in [9.17, 15) is 0 Å². The Morgan fingerprint density at radius 3 is 1.56 bits per heavy atom. The number of para-hydroxylation sites is 2. The summed E-state index contributed by atoms with van der Waals surface area (Å²) >= 11 is 0. The number of anilines is 3. The van der Waals surface area contributed by atoms with E-state index in [0.29, 0.717) is 0 Å². The van der Waals surface area contributed by atoms with Crippen molar-refractivity contribution in [3.8, 4) is 0 Å². The fourth-order valence-electron chi connectivity index (χ4n) is 3.60. The van der Waals surface area contributed by atoms with Gasteiger partial charge in [0.1, 0.15) is 0 Å². The molecule has 0 saturated heterocycles. The van der Waals surface area contributed by atoms with Crippen LogP contribution in [0.3, 0.4) is 0 Å². The van der Waals surface area contributed by atoms with Gasteiger partial charge in [-0.25, -0.2) is 0 Å². The lowest BCUT2D eigenvalue weighted by Crippen LogP contribution is -2.16. The number of aryl methyl sites for hydroxylation is 1. The summed E-state index contributed by atoms with van der Waals surface area (Å²) in [6.45, 7) is 13.4. The first kappa shape index (κ1) is 17.3. The van der Waals surface area contributed by atoms with Gasteiger partial charge in [-0.15, -0.1) is 0 Å². The summed E-state index contributed by atoms with van der Waals surface area (Å²) < 4.78 is 0. The van der Waals surface area contributed by atoms with Crippen molar-refractivity contribution in [3.05, 3.63) is 88.0 Å². The average Bonchev–Trinajstić information content (AvgIpc) is 2.63. The molecule has 0 aliphatic rings. The van der Waals surface area contributed by atoms with Crippen LogP contribution in [0.4, 0.5) is 17.1 Å². The first-order valence-corrected chi connectivity index (χ1v) is 8.91. The lowest BCUT2D eigenvalue weighted by Gasteiger charge is -2.32. The van der Waals surface area contributed by atoms with Gasteiger partial charge in [-0.2, -0.15) is 0 Å². The molecule has 3 rings (SSSR count). The maximum atomic E-state index is 2.42. The molecular weight excluding hydrogens is 302 g/mol. The van der Waals surface area contributed by atoms with Crippen LogP contribution in [0.1, 0.15) is 33.4 Å². The Kier molecular flexibility index (Phi) is 4.67. The molecule has 0 bridgehead atoms. The van der Waals surface area contributed by atoms with Crippen LogP contribution in [0.15, 0.2) is 54.6 Å². The molecule has 0 aliphatic carbocycles. The largest absolute Gasteiger partial charge is 0.310 e. The van der Waals surface area contributed by atoms with E-state index in [1.54, 1.807) is 0 Å². The standard InChI is InChI=1S/C24H27N/c1-16-12-10-11-15-23(16)25(22-13-8-7-9-14-22)24-20(5)18(3)17(2)19(4)21(24)6/h7-15H,1-6H3. The van der Waals surface area contributed by atoms with Gasteiger partial charge in [0.15, 0.2) is 0 Å². The summed E-state index contributed by atoms with van der Waals surface area (Å²) in [6, 6.07) is 19.3. The second kappa shape index (κ2) is 6.76. The minimum atomic E-state index is 1.20. The summed E-state index contributed by atoms with van der Waals surface area (Å²) in [5.74, 6) is 0. The molecule has 0 radical (unpaired) electrons. The Morgan fingerprint density at radius 2 is 1.00 bits per heavy atom. The molecule has 0 amide bonds. The molecule has 3 aromatic carbocycles. The number of hydrogen-bond acceptors (Lipinski definition) is 1. The first-order valence-electron chi connectivity index (χ1n) is 8.91. The molecule has 25 heavy (non-hydrogen) atoms. The molecule has 0 heterocycles. The highest BCUT2D eigenvalue weighted by Crippen LogP contribution is 2.42. The molecule has 1 heteroatoms. The molecule has 0 aliphatic heterocycles. The topological polar surface area (TPSA) is 3.24 Å². The highest BCUT2D eigenvalue weighted by atomic mass is 15.1. The molecule has 0 atom stereocenters. The third-order valence-electron chi connectivity index (χ3n) is 5.55. The SMILES string of the molecule is Cc1ccccc1N(c1ccccc1)c1c(C)c(C)c(C)c(C)c1C. The van der Waals surface area contributed by atoms with E-state index in [0.717, 1.165) is 0 Å². The van der Waals surface area contributed by atoms with Gasteiger partial charge in [0.25, 0.3) is 0 Å². The maximum Gasteiger partial charge on any atom is 0.0525 e. The van der Waals surface area contributed by atoms with Crippen LogP contribution in [0, 0.1) is 41.5 Å². The third-order valence-corrected chi connectivity index (χ3v) is 5.55. The average molecular weight is 329 g/mol. The second-order valence-electron chi connectivity index (χ2n) is 6.93. The van der Waals surface area contributed by atoms with Crippen LogP contribution >= 0.6 is 0 Å². The van der Waals surface area contributed by atoms with Crippen molar-refractivity contribution in [3.63, 3.8) is 0 Å². The van der Waals surface area contributed by atoms with Crippen LogP contribution in [-0.4, -0.2) is 0 Å². The minimum Gasteiger partial charge on any atom is -0.310 e. The molecule has 1 nitrogen and oxygen atoms in total. The fourth-order valence-corrected chi connectivity index (χ4v) is 3.60. The van der Waals surface area contributed by atoms with Crippen LogP contribution < -0.4 is 4.90 Å². The first-order chi connectivity index (χ1) is 11.9. The van der Waals surface area contributed by atoms with Crippen LogP contribution in [0.5, 0.6) is 0 Å². The Labute approximate surface area is 151 Å². The van der Waals surface area contributed by atoms with Crippen molar-refractivity contribution in [2.45, 2.75) is 41.5 Å². The van der Waals surface area contributed by atoms with Gasteiger partial charge in [0.05, 0.1) is 5.69 Å². The summed E-state index contributed by atoms with van der Waals surface area (Å²) in [5, 5.41) is 0. The Balaban J connectivity index is 2.37. The molecule has 0 fully saturated rings. The number of hydrogen-bond donors (Lipinski definition) is 0. The summed E-state index contributed by atoms with van der Waals surface area (Å²) in [5.41, 5.74) is 11.9. The lowest BCUT2D eigenvalue weighted by molar-refractivity contribution is 1.13. The lowest BCUT2D eigenvalue weighted by atomic mass is 9.91. The van der Waals surface area contributed by atoms with Gasteiger partial charge < -0.3 is 4.90 Å². The predicted molar refractivity (Wildman–Crippen MR) is 110 cm³/mol. The van der Waals surface area contributed by atoms with Gasteiger partial charge in [-0.05, 0) is 93.1 Å². The summed E-state index contributed by atoms with van der Waals surface area (Å²) in [4.78, 5) is 2.42. The Morgan fingerprint density at radius 1 is 0.520 bits per heavy atom. The van der Waals surface area contributed by atoms with Crippen molar-refractivity contribution in [2.24, 2.45) is 0 Å². The van der Waals surface area contributed by atoms with Gasteiger partial charge in [-0.1, -0.05) is 36.4 Å². The van der Waals surface area contributed by atoms with Crippen molar-refractivity contribution >= 4 is 17.1 Å². The minimum absolute atomic E-state index is 1.20. The maximum absolute atomic E-state index is 2.42. The van der Waals surface area contributed by atoms with Gasteiger partial charge in [0.2, 0.25) is 0 Å². The number of rotatable bonds is 3. The molecule has 0 spiro atoms. The normalized spacial score (nSPS) is 10.8. The second-order valence-corrected chi connectivity index (χ2v) is 6.93. The number of nitrogens with zero attached hydrogens (tertiary/aromatic N) is 1. The molecule has 0 saturated carbocycles. The van der Waals surface area contributed by atoms with Gasteiger partial charge >= 0.3 is 0 Å². The molecule has 0 aromatic heterocycles. The molecule has 0 unspecified atom stereocenters. The molecular formula is C24H27N. The van der Waals surface area contributed by atoms with Gasteiger partial charge in [-0.3, -0.25) is 0 Å². The summed E-state index contributed by atoms with van der Waals surface area (Å²) in [6.07, 6.45) is 0. The van der Waals surface area contributed by atoms with E-state index >= 15 is 0 Å². The van der Waals surface area contributed by atoms with Crippen LogP contribution in [-0.2, 0) is 0 Å². The van der Waals surface area contributed by atoms with E-state index in [-0.39, 0.29) is 0 Å². The zero-order valence-corrected chi connectivity index (χ0v) is 16.1. The monoisotopic (exact) mass is 329 g/mol. The predicted octanol–water partition coefficient (Wildman–Crippen LogP) is 7.01. The highest BCUT2D eigenvalue weighted by Gasteiger charge is 2.21. The van der Waals surface area contributed by atoms with E-state index in [2.05, 4.69) is 101 Å². The highest BCUT2D eigenvalue weighted by molar-refractivity contribution is 5.83. The fraction of sp³-hybridized carbons (Fsp3) is 0.250. The zero-order chi connectivity index (χ0) is 18.1. The van der Waals surface area contributed by atoms with E-state index in [1.807, 2.05) is 0 Å². The van der Waals surface area contributed by atoms with Crippen LogP contribution in [0.2, 0.25) is 0 Å². The summed E-state index contributed by atoms with van der Waals surface area (Å²) in [7, 11) is 0. The van der Waals surface area contributed by atoms with Gasteiger partial charge in [0, 0.05) is 11.4 Å². The Bertz CT molecular complexity index is 878. The molecule has 128 valence electrons. The van der Waals surface area contributed by atoms with Crippen LogP contribution in [0.25, 0.3) is 0 Å². The van der Waals surface area contributed by atoms with E-state index < -0.39 is 0 Å².